The number of nitrogens with zero attached hydrogens (tertiary/aromatic N) is 1. The Hall–Kier alpha value is -0.630. The van der Waals surface area contributed by atoms with Crippen LogP contribution in [0.4, 0.5) is 5.82 Å². The second-order valence-electron chi connectivity index (χ2n) is 3.71. The quantitative estimate of drug-likeness (QED) is 0.708. The molecule has 1 aromatic heterocycles. The highest BCUT2D eigenvalue weighted by Crippen LogP contribution is 2.21. The van der Waals surface area contributed by atoms with E-state index in [1.54, 1.807) is 0 Å². The summed E-state index contributed by atoms with van der Waals surface area (Å²) in [7, 11) is 0. The van der Waals surface area contributed by atoms with Gasteiger partial charge in [-0.2, -0.15) is 0 Å². The summed E-state index contributed by atoms with van der Waals surface area (Å²) in [6.45, 7) is 4.66. The maximum Gasteiger partial charge on any atom is 0.266 e. The van der Waals surface area contributed by atoms with E-state index in [2.05, 4.69) is 29.1 Å². The lowest BCUT2D eigenvalue weighted by molar-refractivity contribution is 0.443. The fourth-order valence-electron chi connectivity index (χ4n) is 1.49. The highest BCUT2D eigenvalue weighted by atomic mass is 127. The summed E-state index contributed by atoms with van der Waals surface area (Å²) >= 11 is 1.98. The van der Waals surface area contributed by atoms with Crippen LogP contribution >= 0.6 is 22.6 Å². The van der Waals surface area contributed by atoms with Crippen molar-refractivity contribution in [3.8, 4) is 0 Å². The summed E-state index contributed by atoms with van der Waals surface area (Å²) in [5.41, 5.74) is 5.48. The van der Waals surface area contributed by atoms with Crippen LogP contribution in [0.3, 0.4) is 0 Å². The molecule has 0 aliphatic carbocycles. The molecule has 0 unspecified atom stereocenters. The fourth-order valence-corrected chi connectivity index (χ4v) is 1.92. The van der Waals surface area contributed by atoms with E-state index < -0.39 is 0 Å². The monoisotopic (exact) mass is 336 g/mol. The number of aromatic nitrogens is 2. The SMILES string of the molecule is CCC(CC)(CN)Nc1nc[nH]c(=O)c1I. The Morgan fingerprint density at radius 3 is 2.69 bits per heavy atom. The molecule has 1 aromatic rings. The lowest BCUT2D eigenvalue weighted by Gasteiger charge is -2.32. The Balaban J connectivity index is 3.03. The lowest BCUT2D eigenvalue weighted by Crippen LogP contribution is -2.45. The van der Waals surface area contributed by atoms with E-state index in [4.69, 9.17) is 5.73 Å². The molecular weight excluding hydrogens is 319 g/mol. The molecule has 0 saturated heterocycles. The van der Waals surface area contributed by atoms with Gasteiger partial charge in [0.15, 0.2) is 0 Å². The van der Waals surface area contributed by atoms with Gasteiger partial charge in [0.2, 0.25) is 0 Å². The molecule has 0 fully saturated rings. The van der Waals surface area contributed by atoms with Crippen molar-refractivity contribution in [1.82, 2.24) is 9.97 Å². The molecule has 0 spiro atoms. The van der Waals surface area contributed by atoms with Crippen molar-refractivity contribution in [2.45, 2.75) is 32.2 Å². The van der Waals surface area contributed by atoms with Crippen molar-refractivity contribution in [1.29, 1.82) is 0 Å². The van der Waals surface area contributed by atoms with Gasteiger partial charge in [0.05, 0.1) is 11.9 Å². The molecule has 0 aromatic carbocycles. The van der Waals surface area contributed by atoms with Crippen LogP contribution in [0.5, 0.6) is 0 Å². The predicted molar refractivity (Wildman–Crippen MR) is 73.6 cm³/mol. The minimum Gasteiger partial charge on any atom is -0.362 e. The molecule has 0 atom stereocenters. The number of anilines is 1. The Kier molecular flexibility index (Phi) is 4.72. The van der Waals surface area contributed by atoms with Gasteiger partial charge in [-0.15, -0.1) is 0 Å². The summed E-state index contributed by atoms with van der Waals surface area (Å²) in [5, 5.41) is 3.29. The predicted octanol–water partition coefficient (Wildman–Crippen LogP) is 1.30. The molecule has 0 aliphatic rings. The van der Waals surface area contributed by atoms with Gasteiger partial charge in [-0.1, -0.05) is 13.8 Å². The zero-order chi connectivity index (χ0) is 12.2. The van der Waals surface area contributed by atoms with E-state index in [0.29, 0.717) is 15.9 Å². The van der Waals surface area contributed by atoms with Gasteiger partial charge in [0.25, 0.3) is 5.56 Å². The second-order valence-corrected chi connectivity index (χ2v) is 4.79. The first kappa shape index (κ1) is 13.4. The maximum absolute atomic E-state index is 11.4. The number of hydrogen-bond donors (Lipinski definition) is 3. The molecule has 90 valence electrons. The molecule has 1 heterocycles. The highest BCUT2D eigenvalue weighted by Gasteiger charge is 2.25. The van der Waals surface area contributed by atoms with Gasteiger partial charge in [-0.3, -0.25) is 4.79 Å². The van der Waals surface area contributed by atoms with E-state index >= 15 is 0 Å². The summed E-state index contributed by atoms with van der Waals surface area (Å²) in [4.78, 5) is 18.1. The van der Waals surface area contributed by atoms with Crippen LogP contribution in [0, 0.1) is 3.57 Å². The molecule has 5 nitrogen and oxygen atoms in total. The van der Waals surface area contributed by atoms with Crippen LogP contribution < -0.4 is 16.6 Å². The van der Waals surface area contributed by atoms with Crippen LogP contribution in [0.1, 0.15) is 26.7 Å². The summed E-state index contributed by atoms with van der Waals surface area (Å²) in [5.74, 6) is 0.610. The molecule has 1 rings (SSSR count). The molecule has 0 saturated carbocycles. The van der Waals surface area contributed by atoms with Crippen molar-refractivity contribution < 1.29 is 0 Å². The number of halogens is 1. The van der Waals surface area contributed by atoms with E-state index in [0.717, 1.165) is 12.8 Å². The first-order valence-corrected chi connectivity index (χ1v) is 6.38. The smallest absolute Gasteiger partial charge is 0.266 e. The molecule has 6 heteroatoms. The number of hydrogen-bond acceptors (Lipinski definition) is 4. The number of aromatic amines is 1. The van der Waals surface area contributed by atoms with Gasteiger partial charge in [-0.05, 0) is 35.4 Å². The fraction of sp³-hybridized carbons (Fsp3) is 0.600. The first-order valence-electron chi connectivity index (χ1n) is 5.30. The van der Waals surface area contributed by atoms with Gasteiger partial charge in [0, 0.05) is 6.54 Å². The standard InChI is InChI=1S/C10H17IN4O/c1-3-10(4-2,5-12)15-8-7(11)9(16)14-6-13-8/h6H,3-5,12H2,1-2H3,(H2,13,14,15,16). The van der Waals surface area contributed by atoms with Gasteiger partial charge >= 0.3 is 0 Å². The molecule has 4 N–H and O–H groups in total. The Morgan fingerprint density at radius 2 is 2.19 bits per heavy atom. The second kappa shape index (κ2) is 5.62. The topological polar surface area (TPSA) is 83.8 Å². The third-order valence-corrected chi connectivity index (χ3v) is 3.93. The largest absolute Gasteiger partial charge is 0.362 e. The van der Waals surface area contributed by atoms with Crippen LogP contribution in [0.2, 0.25) is 0 Å². The van der Waals surface area contributed by atoms with Crippen molar-refractivity contribution in [2.24, 2.45) is 5.73 Å². The zero-order valence-electron chi connectivity index (χ0n) is 9.51. The van der Waals surface area contributed by atoms with E-state index in [-0.39, 0.29) is 11.1 Å². The molecule has 0 radical (unpaired) electrons. The van der Waals surface area contributed by atoms with Crippen LogP contribution in [-0.2, 0) is 0 Å². The third kappa shape index (κ3) is 2.73. The summed E-state index contributed by atoms with van der Waals surface area (Å²) in [6, 6.07) is 0. The Labute approximate surface area is 108 Å². The number of rotatable bonds is 5. The van der Waals surface area contributed by atoms with E-state index in [1.807, 2.05) is 22.6 Å². The van der Waals surface area contributed by atoms with Crippen LogP contribution in [-0.4, -0.2) is 22.1 Å². The zero-order valence-corrected chi connectivity index (χ0v) is 11.7. The first-order chi connectivity index (χ1) is 7.58. The Morgan fingerprint density at radius 1 is 1.56 bits per heavy atom. The van der Waals surface area contributed by atoms with Crippen molar-refractivity contribution in [3.05, 3.63) is 20.3 Å². The van der Waals surface area contributed by atoms with Gasteiger partial charge in [0.1, 0.15) is 9.39 Å². The Bertz CT molecular complexity index is 392. The van der Waals surface area contributed by atoms with Crippen molar-refractivity contribution in [2.75, 3.05) is 11.9 Å². The van der Waals surface area contributed by atoms with Crippen molar-refractivity contribution >= 4 is 28.4 Å². The lowest BCUT2D eigenvalue weighted by atomic mass is 9.93. The summed E-state index contributed by atoms with van der Waals surface area (Å²) in [6.07, 6.45) is 3.19. The molecular formula is C10H17IN4O. The maximum atomic E-state index is 11.4. The average molecular weight is 336 g/mol. The van der Waals surface area contributed by atoms with Crippen molar-refractivity contribution in [3.63, 3.8) is 0 Å². The highest BCUT2D eigenvalue weighted by molar-refractivity contribution is 14.1. The molecule has 0 bridgehead atoms. The number of nitrogens with one attached hydrogen (secondary N) is 2. The molecule has 0 aliphatic heterocycles. The minimum atomic E-state index is -0.180. The molecule has 0 amide bonds. The van der Waals surface area contributed by atoms with E-state index in [9.17, 15) is 4.79 Å². The number of H-pyrrole nitrogens is 1. The van der Waals surface area contributed by atoms with Gasteiger partial charge in [-0.25, -0.2) is 4.98 Å². The average Bonchev–Trinajstić information content (AvgIpc) is 2.32. The third-order valence-electron chi connectivity index (χ3n) is 2.92. The minimum absolute atomic E-state index is 0.128. The summed E-state index contributed by atoms with van der Waals surface area (Å²) < 4.78 is 0.569. The van der Waals surface area contributed by atoms with Crippen LogP contribution in [0.25, 0.3) is 0 Å². The normalized spacial score (nSPS) is 11.5. The number of nitrogens with two attached hydrogens (primary N) is 1. The molecule has 16 heavy (non-hydrogen) atoms. The van der Waals surface area contributed by atoms with Gasteiger partial charge < -0.3 is 16.0 Å². The van der Waals surface area contributed by atoms with E-state index in [1.165, 1.54) is 6.33 Å². The van der Waals surface area contributed by atoms with Crippen LogP contribution in [0.15, 0.2) is 11.1 Å².